The van der Waals surface area contributed by atoms with Gasteiger partial charge in [-0.2, -0.15) is 5.26 Å². The summed E-state index contributed by atoms with van der Waals surface area (Å²) in [7, 11) is 3.70. The van der Waals surface area contributed by atoms with Gasteiger partial charge in [-0.3, -0.25) is 4.79 Å². The van der Waals surface area contributed by atoms with Gasteiger partial charge in [0.15, 0.2) is 5.88 Å². The third kappa shape index (κ3) is 3.55. The minimum absolute atomic E-state index is 0.0112. The van der Waals surface area contributed by atoms with Crippen molar-refractivity contribution in [3.05, 3.63) is 53.3 Å². The topological polar surface area (TPSA) is 69.3 Å². The van der Waals surface area contributed by atoms with Gasteiger partial charge in [-0.15, -0.1) is 0 Å². The van der Waals surface area contributed by atoms with Crippen molar-refractivity contribution in [2.75, 3.05) is 24.3 Å². The summed E-state index contributed by atoms with van der Waals surface area (Å²) in [6.07, 6.45) is 1.43. The third-order valence-electron chi connectivity index (χ3n) is 3.10. The number of carbonyl (C=O) groups is 1. The van der Waals surface area contributed by atoms with E-state index in [1.807, 2.05) is 45.3 Å². The molecule has 1 aromatic heterocycles. The van der Waals surface area contributed by atoms with Gasteiger partial charge in [0.1, 0.15) is 17.4 Å². The van der Waals surface area contributed by atoms with Gasteiger partial charge in [0.25, 0.3) is 5.91 Å². The number of nitriles is 1. The zero-order chi connectivity index (χ0) is 16.1. The number of anilines is 2. The number of carbonyl (C=O) groups excluding carboxylic acids is 1. The number of amides is 1. The van der Waals surface area contributed by atoms with Gasteiger partial charge in [0, 0.05) is 31.9 Å². The Labute approximate surface area is 129 Å². The smallest absolute Gasteiger partial charge is 0.266 e. The van der Waals surface area contributed by atoms with Crippen LogP contribution >= 0.6 is 0 Å². The first-order valence-corrected chi connectivity index (χ1v) is 6.77. The third-order valence-corrected chi connectivity index (χ3v) is 3.10. The molecule has 1 amide bonds. The van der Waals surface area contributed by atoms with Gasteiger partial charge < -0.3 is 14.6 Å². The number of aryl methyl sites for hydroxylation is 1. The predicted molar refractivity (Wildman–Crippen MR) is 86.4 cm³/mol. The first-order valence-electron chi connectivity index (χ1n) is 6.77. The molecule has 0 fully saturated rings. The Hall–Kier alpha value is -3.00. The van der Waals surface area contributed by atoms with E-state index >= 15 is 0 Å². The van der Waals surface area contributed by atoms with Crippen LogP contribution in [0.2, 0.25) is 0 Å². The Bertz CT molecular complexity index is 751. The van der Waals surface area contributed by atoms with E-state index in [9.17, 15) is 10.1 Å². The molecule has 0 aliphatic rings. The Morgan fingerprint density at radius 3 is 2.59 bits per heavy atom. The molecule has 1 heterocycles. The van der Waals surface area contributed by atoms with Gasteiger partial charge in [-0.05, 0) is 24.6 Å². The Kier molecular flexibility index (Phi) is 4.64. The number of rotatable bonds is 4. The van der Waals surface area contributed by atoms with Crippen LogP contribution in [-0.2, 0) is 4.79 Å². The first kappa shape index (κ1) is 15.4. The van der Waals surface area contributed by atoms with Crippen LogP contribution in [0, 0.1) is 18.3 Å². The standard InChI is InChI=1S/C17H17N3O2/c1-12-6-4-5-7-15(12)19-17(21)13(11-18)10-14-8-9-16(22-14)20(2)3/h4-10H,1-3H3,(H,19,21). The monoisotopic (exact) mass is 295 g/mol. The highest BCUT2D eigenvalue weighted by atomic mass is 16.4. The van der Waals surface area contributed by atoms with Crippen LogP contribution in [0.1, 0.15) is 11.3 Å². The molecule has 0 saturated carbocycles. The summed E-state index contributed by atoms with van der Waals surface area (Å²) in [5.74, 6) is 0.655. The van der Waals surface area contributed by atoms with Crippen molar-refractivity contribution < 1.29 is 9.21 Å². The van der Waals surface area contributed by atoms with Crippen LogP contribution in [0.5, 0.6) is 0 Å². The molecule has 5 nitrogen and oxygen atoms in total. The zero-order valence-electron chi connectivity index (χ0n) is 12.8. The molecule has 1 aromatic carbocycles. The summed E-state index contributed by atoms with van der Waals surface area (Å²) in [5, 5.41) is 11.9. The fraction of sp³-hybridized carbons (Fsp3) is 0.176. The van der Waals surface area contributed by atoms with E-state index in [0.717, 1.165) is 5.56 Å². The van der Waals surface area contributed by atoms with E-state index in [4.69, 9.17) is 4.42 Å². The quantitative estimate of drug-likeness (QED) is 0.694. The Balaban J connectivity index is 2.20. The van der Waals surface area contributed by atoms with Crippen LogP contribution < -0.4 is 10.2 Å². The molecule has 5 heteroatoms. The lowest BCUT2D eigenvalue weighted by molar-refractivity contribution is -0.112. The SMILES string of the molecule is Cc1ccccc1NC(=O)C(C#N)=Cc1ccc(N(C)C)o1. The molecular formula is C17H17N3O2. The van der Waals surface area contributed by atoms with E-state index in [-0.39, 0.29) is 5.57 Å². The lowest BCUT2D eigenvalue weighted by Crippen LogP contribution is -2.14. The molecule has 0 spiro atoms. The van der Waals surface area contributed by atoms with E-state index in [2.05, 4.69) is 5.32 Å². The van der Waals surface area contributed by atoms with Crippen molar-refractivity contribution in [2.24, 2.45) is 0 Å². The molecule has 22 heavy (non-hydrogen) atoms. The van der Waals surface area contributed by atoms with Crippen molar-refractivity contribution in [2.45, 2.75) is 6.92 Å². The summed E-state index contributed by atoms with van der Waals surface area (Å²) in [6.45, 7) is 1.89. The van der Waals surface area contributed by atoms with Crippen molar-refractivity contribution >= 4 is 23.6 Å². The van der Waals surface area contributed by atoms with Gasteiger partial charge in [-0.1, -0.05) is 18.2 Å². The molecular weight excluding hydrogens is 278 g/mol. The summed E-state index contributed by atoms with van der Waals surface area (Å²) in [4.78, 5) is 14.0. The molecule has 0 aliphatic carbocycles. The van der Waals surface area contributed by atoms with Crippen LogP contribution in [0.4, 0.5) is 11.6 Å². The normalized spacial score (nSPS) is 10.9. The van der Waals surface area contributed by atoms with Crippen molar-refractivity contribution in [1.29, 1.82) is 5.26 Å². The molecule has 2 rings (SSSR count). The molecule has 0 unspecified atom stereocenters. The molecule has 1 N–H and O–H groups in total. The highest BCUT2D eigenvalue weighted by Gasteiger charge is 2.12. The summed E-state index contributed by atoms with van der Waals surface area (Å²) < 4.78 is 5.52. The number of nitrogens with one attached hydrogen (secondary N) is 1. The molecule has 0 aliphatic heterocycles. The number of para-hydroxylation sites is 1. The second-order valence-electron chi connectivity index (χ2n) is 5.01. The molecule has 112 valence electrons. The maximum atomic E-state index is 12.2. The van der Waals surface area contributed by atoms with Crippen molar-refractivity contribution in [3.63, 3.8) is 0 Å². The second kappa shape index (κ2) is 6.64. The molecule has 2 aromatic rings. The van der Waals surface area contributed by atoms with Crippen LogP contribution in [-0.4, -0.2) is 20.0 Å². The summed E-state index contributed by atoms with van der Waals surface area (Å²) >= 11 is 0. The molecule has 0 bridgehead atoms. The lowest BCUT2D eigenvalue weighted by Gasteiger charge is -2.07. The van der Waals surface area contributed by atoms with Crippen molar-refractivity contribution in [1.82, 2.24) is 0 Å². The van der Waals surface area contributed by atoms with Gasteiger partial charge in [0.2, 0.25) is 0 Å². The summed E-state index contributed by atoms with van der Waals surface area (Å²) in [6, 6.07) is 12.8. The van der Waals surface area contributed by atoms with E-state index < -0.39 is 5.91 Å². The number of benzene rings is 1. The van der Waals surface area contributed by atoms with Crippen molar-refractivity contribution in [3.8, 4) is 6.07 Å². The number of hydrogen-bond donors (Lipinski definition) is 1. The second-order valence-corrected chi connectivity index (χ2v) is 5.01. The Morgan fingerprint density at radius 1 is 1.27 bits per heavy atom. The van der Waals surface area contributed by atoms with Gasteiger partial charge >= 0.3 is 0 Å². The summed E-state index contributed by atoms with van der Waals surface area (Å²) in [5.41, 5.74) is 1.60. The molecule has 0 saturated heterocycles. The zero-order valence-corrected chi connectivity index (χ0v) is 12.8. The van der Waals surface area contributed by atoms with E-state index in [0.29, 0.717) is 17.3 Å². The number of nitrogens with zero attached hydrogens (tertiary/aromatic N) is 2. The largest absolute Gasteiger partial charge is 0.441 e. The minimum Gasteiger partial charge on any atom is -0.441 e. The number of hydrogen-bond acceptors (Lipinski definition) is 4. The maximum Gasteiger partial charge on any atom is 0.266 e. The molecule has 0 atom stereocenters. The average Bonchev–Trinajstić information content (AvgIpc) is 2.96. The van der Waals surface area contributed by atoms with E-state index in [1.54, 1.807) is 23.1 Å². The fourth-order valence-corrected chi connectivity index (χ4v) is 1.85. The molecule has 0 radical (unpaired) electrons. The highest BCUT2D eigenvalue weighted by molar-refractivity contribution is 6.09. The van der Waals surface area contributed by atoms with E-state index in [1.165, 1.54) is 6.08 Å². The minimum atomic E-state index is -0.459. The van der Waals surface area contributed by atoms with Crippen LogP contribution in [0.25, 0.3) is 6.08 Å². The first-order chi connectivity index (χ1) is 10.5. The Morgan fingerprint density at radius 2 is 2.00 bits per heavy atom. The highest BCUT2D eigenvalue weighted by Crippen LogP contribution is 2.19. The maximum absolute atomic E-state index is 12.2. The van der Waals surface area contributed by atoms with Gasteiger partial charge in [0.05, 0.1) is 0 Å². The van der Waals surface area contributed by atoms with Gasteiger partial charge in [-0.25, -0.2) is 0 Å². The lowest BCUT2D eigenvalue weighted by atomic mass is 10.2. The average molecular weight is 295 g/mol. The fourth-order valence-electron chi connectivity index (χ4n) is 1.85. The predicted octanol–water partition coefficient (Wildman–Crippen LogP) is 3.20. The van der Waals surface area contributed by atoms with Crippen LogP contribution in [0.3, 0.4) is 0 Å². The van der Waals surface area contributed by atoms with Crippen LogP contribution in [0.15, 0.2) is 46.4 Å². The number of furan rings is 1.